The van der Waals surface area contributed by atoms with Crippen molar-refractivity contribution in [1.82, 2.24) is 5.32 Å². The van der Waals surface area contributed by atoms with Gasteiger partial charge in [0.25, 0.3) is 0 Å². The summed E-state index contributed by atoms with van der Waals surface area (Å²) in [5, 5.41) is 3.78. The maximum absolute atomic E-state index is 6.03. The van der Waals surface area contributed by atoms with Crippen molar-refractivity contribution >= 4 is 11.6 Å². The molecule has 0 saturated carbocycles. The lowest BCUT2D eigenvalue weighted by molar-refractivity contribution is 0.174. The Balaban J connectivity index is 2.59. The summed E-state index contributed by atoms with van der Waals surface area (Å²) in [6.45, 7) is 1.21. The topological polar surface area (TPSA) is 30.5 Å². The molecule has 0 bridgehead atoms. The van der Waals surface area contributed by atoms with E-state index in [2.05, 4.69) is 5.32 Å². The SMILES string of the molecule is COCNCc1ccc(OC)cc1Cl. The summed E-state index contributed by atoms with van der Waals surface area (Å²) in [5.41, 5.74) is 1.03. The highest BCUT2D eigenvalue weighted by atomic mass is 35.5. The lowest BCUT2D eigenvalue weighted by Gasteiger charge is -2.07. The van der Waals surface area contributed by atoms with Crippen molar-refractivity contribution < 1.29 is 9.47 Å². The molecule has 1 rings (SSSR count). The first kappa shape index (κ1) is 11.3. The van der Waals surface area contributed by atoms with Crippen molar-refractivity contribution in [2.45, 2.75) is 6.54 Å². The summed E-state index contributed by atoms with van der Waals surface area (Å²) in [5.74, 6) is 0.769. The summed E-state index contributed by atoms with van der Waals surface area (Å²) in [4.78, 5) is 0. The van der Waals surface area contributed by atoms with Gasteiger partial charge in [0.05, 0.1) is 13.8 Å². The predicted molar refractivity (Wildman–Crippen MR) is 56.7 cm³/mol. The molecule has 0 unspecified atom stereocenters. The van der Waals surface area contributed by atoms with E-state index in [-0.39, 0.29) is 0 Å². The lowest BCUT2D eigenvalue weighted by atomic mass is 10.2. The largest absolute Gasteiger partial charge is 0.497 e. The van der Waals surface area contributed by atoms with Crippen LogP contribution >= 0.6 is 11.6 Å². The quantitative estimate of drug-likeness (QED) is 0.603. The number of nitrogens with one attached hydrogen (secondary N) is 1. The molecule has 14 heavy (non-hydrogen) atoms. The highest BCUT2D eigenvalue weighted by molar-refractivity contribution is 6.31. The van der Waals surface area contributed by atoms with Gasteiger partial charge >= 0.3 is 0 Å². The molecule has 0 aliphatic heterocycles. The molecule has 0 saturated heterocycles. The third kappa shape index (κ3) is 3.18. The van der Waals surface area contributed by atoms with Gasteiger partial charge in [-0.25, -0.2) is 0 Å². The average molecular weight is 216 g/mol. The zero-order valence-electron chi connectivity index (χ0n) is 8.34. The van der Waals surface area contributed by atoms with Crippen LogP contribution in [-0.4, -0.2) is 21.0 Å². The van der Waals surface area contributed by atoms with E-state index >= 15 is 0 Å². The van der Waals surface area contributed by atoms with Crippen LogP contribution in [0, 0.1) is 0 Å². The van der Waals surface area contributed by atoms with Gasteiger partial charge in [-0.1, -0.05) is 17.7 Å². The molecule has 0 amide bonds. The van der Waals surface area contributed by atoms with Crippen molar-refractivity contribution in [3.05, 3.63) is 28.8 Å². The Kier molecular flexibility index (Phi) is 4.73. The van der Waals surface area contributed by atoms with Gasteiger partial charge in [-0.15, -0.1) is 0 Å². The summed E-state index contributed by atoms with van der Waals surface area (Å²) < 4.78 is 9.92. The third-order valence-electron chi connectivity index (χ3n) is 1.82. The molecule has 0 fully saturated rings. The van der Waals surface area contributed by atoms with Gasteiger partial charge < -0.3 is 9.47 Å². The van der Waals surface area contributed by atoms with Crippen LogP contribution in [0.2, 0.25) is 5.02 Å². The Hall–Kier alpha value is -0.770. The van der Waals surface area contributed by atoms with Crippen LogP contribution in [0.5, 0.6) is 5.75 Å². The van der Waals surface area contributed by atoms with E-state index in [4.69, 9.17) is 21.1 Å². The molecule has 4 heteroatoms. The van der Waals surface area contributed by atoms with Gasteiger partial charge in [0.15, 0.2) is 0 Å². The smallest absolute Gasteiger partial charge is 0.120 e. The molecule has 78 valence electrons. The minimum absolute atomic E-state index is 0.516. The maximum atomic E-state index is 6.03. The molecule has 3 nitrogen and oxygen atoms in total. The molecule has 0 spiro atoms. The fourth-order valence-electron chi connectivity index (χ4n) is 1.09. The van der Waals surface area contributed by atoms with Crippen LogP contribution in [0.4, 0.5) is 0 Å². The lowest BCUT2D eigenvalue weighted by Crippen LogP contribution is -2.16. The second-order valence-corrected chi connectivity index (χ2v) is 3.22. The second kappa shape index (κ2) is 5.86. The molecule has 1 aromatic rings. The van der Waals surface area contributed by atoms with Crippen LogP contribution in [0.3, 0.4) is 0 Å². The van der Waals surface area contributed by atoms with Crippen LogP contribution < -0.4 is 10.1 Å². The number of methoxy groups -OCH3 is 2. The third-order valence-corrected chi connectivity index (χ3v) is 2.17. The Morgan fingerprint density at radius 1 is 1.36 bits per heavy atom. The van der Waals surface area contributed by atoms with Crippen molar-refractivity contribution in [2.24, 2.45) is 0 Å². The van der Waals surface area contributed by atoms with Crippen molar-refractivity contribution in [3.63, 3.8) is 0 Å². The van der Waals surface area contributed by atoms with Crippen LogP contribution in [0.15, 0.2) is 18.2 Å². The highest BCUT2D eigenvalue weighted by Gasteiger charge is 2.01. The van der Waals surface area contributed by atoms with Crippen LogP contribution in [0.25, 0.3) is 0 Å². The number of rotatable bonds is 5. The fraction of sp³-hybridized carbons (Fsp3) is 0.400. The van der Waals surface area contributed by atoms with E-state index in [1.165, 1.54) is 0 Å². The molecule has 0 aliphatic rings. The number of halogens is 1. The number of hydrogen-bond donors (Lipinski definition) is 1. The van der Waals surface area contributed by atoms with Gasteiger partial charge in [-0.2, -0.15) is 0 Å². The van der Waals surface area contributed by atoms with Crippen molar-refractivity contribution in [1.29, 1.82) is 0 Å². The van der Waals surface area contributed by atoms with Crippen LogP contribution in [-0.2, 0) is 11.3 Å². The number of ether oxygens (including phenoxy) is 2. The molecule has 1 N–H and O–H groups in total. The predicted octanol–water partition coefficient (Wildman–Crippen LogP) is 2.04. The Labute approximate surface area is 89.0 Å². The summed E-state index contributed by atoms with van der Waals surface area (Å²) >= 11 is 6.03. The van der Waals surface area contributed by atoms with Gasteiger partial charge in [0.2, 0.25) is 0 Å². The molecular formula is C10H14ClNO2. The van der Waals surface area contributed by atoms with Gasteiger partial charge in [0, 0.05) is 18.7 Å². The van der Waals surface area contributed by atoms with E-state index in [0.29, 0.717) is 18.3 Å². The van der Waals surface area contributed by atoms with E-state index in [1.54, 1.807) is 20.3 Å². The zero-order valence-corrected chi connectivity index (χ0v) is 9.10. The van der Waals surface area contributed by atoms with E-state index in [1.807, 2.05) is 12.1 Å². The average Bonchev–Trinajstić information content (AvgIpc) is 2.20. The molecular weight excluding hydrogens is 202 g/mol. The van der Waals surface area contributed by atoms with Crippen LogP contribution in [0.1, 0.15) is 5.56 Å². The van der Waals surface area contributed by atoms with Crippen molar-refractivity contribution in [3.8, 4) is 5.75 Å². The summed E-state index contributed by atoms with van der Waals surface area (Å²) in [6.07, 6.45) is 0. The van der Waals surface area contributed by atoms with E-state index < -0.39 is 0 Å². The zero-order chi connectivity index (χ0) is 10.4. The molecule has 0 heterocycles. The standard InChI is InChI=1S/C10H14ClNO2/c1-13-7-12-6-8-3-4-9(14-2)5-10(8)11/h3-5,12H,6-7H2,1-2H3. The second-order valence-electron chi connectivity index (χ2n) is 2.82. The van der Waals surface area contributed by atoms with Crippen molar-refractivity contribution in [2.75, 3.05) is 21.0 Å². The first-order valence-corrected chi connectivity index (χ1v) is 4.67. The van der Waals surface area contributed by atoms with Gasteiger partial charge in [-0.3, -0.25) is 5.32 Å². The maximum Gasteiger partial charge on any atom is 0.120 e. The minimum Gasteiger partial charge on any atom is -0.497 e. The van der Waals surface area contributed by atoms with E-state index in [0.717, 1.165) is 11.3 Å². The number of hydrogen-bond acceptors (Lipinski definition) is 3. The Morgan fingerprint density at radius 2 is 2.14 bits per heavy atom. The minimum atomic E-state index is 0.516. The summed E-state index contributed by atoms with van der Waals surface area (Å²) in [6, 6.07) is 5.62. The molecule has 0 aliphatic carbocycles. The summed E-state index contributed by atoms with van der Waals surface area (Å²) in [7, 11) is 3.26. The normalized spacial score (nSPS) is 10.2. The Bertz CT molecular complexity index is 291. The highest BCUT2D eigenvalue weighted by Crippen LogP contribution is 2.21. The molecule has 0 atom stereocenters. The number of benzene rings is 1. The first-order valence-electron chi connectivity index (χ1n) is 4.30. The van der Waals surface area contributed by atoms with Gasteiger partial charge in [-0.05, 0) is 17.7 Å². The fourth-order valence-corrected chi connectivity index (χ4v) is 1.32. The molecule has 0 aromatic heterocycles. The molecule has 0 radical (unpaired) electrons. The Morgan fingerprint density at radius 3 is 2.71 bits per heavy atom. The molecule has 1 aromatic carbocycles. The van der Waals surface area contributed by atoms with Gasteiger partial charge in [0.1, 0.15) is 5.75 Å². The first-order chi connectivity index (χ1) is 6.77. The van der Waals surface area contributed by atoms with E-state index in [9.17, 15) is 0 Å². The monoisotopic (exact) mass is 215 g/mol.